The Hall–Kier alpha value is -1.11. The van der Waals surface area contributed by atoms with Crippen LogP contribution in [-0.2, 0) is 14.8 Å². The molecule has 1 aliphatic rings. The molecule has 1 saturated heterocycles. The molecule has 0 radical (unpaired) electrons. The number of guanidine groups is 1. The summed E-state index contributed by atoms with van der Waals surface area (Å²) in [6.07, 6.45) is 1.64. The Morgan fingerprint density at radius 3 is 2.38 bits per heavy atom. The fourth-order valence-electron chi connectivity index (χ4n) is 3.05. The fraction of sp³-hybridized carbons (Fsp3) is 0.941. The summed E-state index contributed by atoms with van der Waals surface area (Å²) in [5, 5.41) is 6.38. The molecule has 29 heavy (non-hydrogen) atoms. The normalized spacial score (nSPS) is 18.8. The van der Waals surface area contributed by atoms with Crippen LogP contribution in [-0.4, -0.2) is 95.7 Å². The van der Waals surface area contributed by atoms with Crippen molar-refractivity contribution in [3.05, 3.63) is 0 Å². The van der Waals surface area contributed by atoms with Crippen LogP contribution >= 0.6 is 0 Å². The maximum absolute atomic E-state index is 12.6. The molecular weight excluding hydrogens is 411 g/mol. The van der Waals surface area contributed by atoms with Crippen LogP contribution in [0.3, 0.4) is 0 Å². The molecule has 12 heteroatoms. The number of ether oxygens (including phenoxy) is 1. The number of aliphatic imine (C=N–C) groups is 1. The molecule has 0 amide bonds. The molecule has 2 N–H and O–H groups in total. The van der Waals surface area contributed by atoms with E-state index in [2.05, 4.69) is 20.5 Å². The number of hydrogen-bond donors (Lipinski definition) is 2. The Morgan fingerprint density at radius 1 is 1.28 bits per heavy atom. The summed E-state index contributed by atoms with van der Waals surface area (Å²) in [7, 11) is 0.412. The lowest BCUT2D eigenvalue weighted by Crippen LogP contribution is -2.48. The molecule has 1 unspecified atom stereocenters. The molecule has 0 aromatic rings. The summed E-state index contributed by atoms with van der Waals surface area (Å²) in [6, 6.07) is 0. The molecule has 1 heterocycles. The topological polar surface area (TPSA) is 86.3 Å². The van der Waals surface area contributed by atoms with Gasteiger partial charge in [-0.25, -0.2) is 8.42 Å². The van der Waals surface area contributed by atoms with Gasteiger partial charge in [-0.2, -0.15) is 17.5 Å². The van der Waals surface area contributed by atoms with E-state index in [9.17, 15) is 21.6 Å². The molecule has 0 aromatic carbocycles. The quantitative estimate of drug-likeness (QED) is 0.387. The SMILES string of the molecule is CCOC(CCN(C)C)CNC(=NC)NCC1CCN(S(=O)(=O)C(F)(F)F)CC1. The van der Waals surface area contributed by atoms with Crippen LogP contribution in [0.15, 0.2) is 4.99 Å². The monoisotopic (exact) mass is 445 g/mol. The first kappa shape index (κ1) is 25.9. The van der Waals surface area contributed by atoms with Gasteiger partial charge in [0.2, 0.25) is 0 Å². The third kappa shape index (κ3) is 8.65. The minimum atomic E-state index is -5.24. The second-order valence-electron chi connectivity index (χ2n) is 7.30. The zero-order chi connectivity index (χ0) is 22.1. The first-order valence-corrected chi connectivity index (χ1v) is 11.2. The average molecular weight is 446 g/mol. The number of halogens is 3. The molecule has 0 aliphatic carbocycles. The van der Waals surface area contributed by atoms with Crippen molar-refractivity contribution in [3.8, 4) is 0 Å². The van der Waals surface area contributed by atoms with Gasteiger partial charge in [0.05, 0.1) is 6.10 Å². The summed E-state index contributed by atoms with van der Waals surface area (Å²) < 4.78 is 67.1. The van der Waals surface area contributed by atoms with Gasteiger partial charge in [-0.1, -0.05) is 0 Å². The smallest absolute Gasteiger partial charge is 0.377 e. The van der Waals surface area contributed by atoms with Crippen LogP contribution in [0.5, 0.6) is 0 Å². The molecule has 1 fully saturated rings. The standard InChI is InChI=1S/C17H34F3N5O3S/c1-5-28-15(8-9-24(3)4)13-23-16(21-2)22-12-14-6-10-25(11-7-14)29(26,27)17(18,19)20/h14-15H,5-13H2,1-4H3,(H2,21,22,23). The van der Waals surface area contributed by atoms with E-state index in [1.54, 1.807) is 7.05 Å². The van der Waals surface area contributed by atoms with E-state index in [4.69, 9.17) is 4.74 Å². The predicted molar refractivity (Wildman–Crippen MR) is 107 cm³/mol. The second-order valence-corrected chi connectivity index (χ2v) is 9.23. The largest absolute Gasteiger partial charge is 0.511 e. The summed E-state index contributed by atoms with van der Waals surface area (Å²) in [6.45, 7) is 4.30. The maximum Gasteiger partial charge on any atom is 0.511 e. The molecule has 8 nitrogen and oxygen atoms in total. The third-order valence-corrected chi connectivity index (χ3v) is 6.42. The Kier molecular flexibility index (Phi) is 10.7. The van der Waals surface area contributed by atoms with E-state index in [1.807, 2.05) is 21.0 Å². The zero-order valence-corrected chi connectivity index (χ0v) is 18.4. The van der Waals surface area contributed by atoms with Crippen molar-refractivity contribution in [1.29, 1.82) is 0 Å². The van der Waals surface area contributed by atoms with Crippen molar-refractivity contribution < 1.29 is 26.3 Å². The van der Waals surface area contributed by atoms with Crippen LogP contribution in [0.1, 0.15) is 26.2 Å². The Morgan fingerprint density at radius 2 is 1.90 bits per heavy atom. The Balaban J connectivity index is 2.42. The highest BCUT2D eigenvalue weighted by atomic mass is 32.2. The minimum Gasteiger partial charge on any atom is -0.377 e. The Bertz CT molecular complexity index is 606. The lowest BCUT2D eigenvalue weighted by atomic mass is 9.98. The third-order valence-electron chi connectivity index (χ3n) is 4.79. The molecule has 1 rings (SSSR count). The molecule has 0 bridgehead atoms. The van der Waals surface area contributed by atoms with Gasteiger partial charge in [-0.05, 0) is 46.2 Å². The van der Waals surface area contributed by atoms with Gasteiger partial charge < -0.3 is 20.3 Å². The van der Waals surface area contributed by atoms with E-state index >= 15 is 0 Å². The Labute approximate surface area is 171 Å². The van der Waals surface area contributed by atoms with Gasteiger partial charge in [0.1, 0.15) is 0 Å². The minimum absolute atomic E-state index is 0.0387. The number of nitrogens with zero attached hydrogens (tertiary/aromatic N) is 3. The van der Waals surface area contributed by atoms with Crippen molar-refractivity contribution in [2.45, 2.75) is 37.8 Å². The van der Waals surface area contributed by atoms with Gasteiger partial charge in [0.25, 0.3) is 0 Å². The lowest BCUT2D eigenvalue weighted by Gasteiger charge is -2.31. The van der Waals surface area contributed by atoms with Crippen molar-refractivity contribution in [1.82, 2.24) is 19.8 Å². The van der Waals surface area contributed by atoms with Gasteiger partial charge in [-0.3, -0.25) is 4.99 Å². The van der Waals surface area contributed by atoms with Crippen molar-refractivity contribution >= 4 is 16.0 Å². The highest BCUT2D eigenvalue weighted by Gasteiger charge is 2.50. The number of sulfonamides is 1. The number of piperidine rings is 1. The highest BCUT2D eigenvalue weighted by Crippen LogP contribution is 2.30. The van der Waals surface area contributed by atoms with Crippen molar-refractivity contribution in [2.75, 3.05) is 60.5 Å². The second kappa shape index (κ2) is 11.9. The number of rotatable bonds is 10. The molecule has 0 saturated carbocycles. The van der Waals surface area contributed by atoms with E-state index in [-0.39, 0.29) is 25.1 Å². The first-order chi connectivity index (χ1) is 13.5. The van der Waals surface area contributed by atoms with E-state index < -0.39 is 15.5 Å². The number of nitrogens with one attached hydrogen (secondary N) is 2. The van der Waals surface area contributed by atoms with Crippen LogP contribution < -0.4 is 10.6 Å². The van der Waals surface area contributed by atoms with Gasteiger partial charge in [0.15, 0.2) is 5.96 Å². The van der Waals surface area contributed by atoms with Crippen molar-refractivity contribution in [2.24, 2.45) is 10.9 Å². The van der Waals surface area contributed by atoms with Gasteiger partial charge in [-0.15, -0.1) is 0 Å². The van der Waals surface area contributed by atoms with Crippen LogP contribution in [0.2, 0.25) is 0 Å². The molecule has 0 spiro atoms. The van der Waals surface area contributed by atoms with E-state index in [0.717, 1.165) is 13.0 Å². The number of hydrogen-bond acceptors (Lipinski definition) is 5. The molecule has 1 atom stereocenters. The summed E-state index contributed by atoms with van der Waals surface area (Å²) in [4.78, 5) is 6.25. The van der Waals surface area contributed by atoms with Crippen molar-refractivity contribution in [3.63, 3.8) is 0 Å². The summed E-state index contributed by atoms with van der Waals surface area (Å²) in [5.41, 5.74) is -5.24. The predicted octanol–water partition coefficient (Wildman–Crippen LogP) is 1.07. The van der Waals surface area contributed by atoms with E-state index in [1.165, 1.54) is 0 Å². The molecule has 172 valence electrons. The highest BCUT2D eigenvalue weighted by molar-refractivity contribution is 7.90. The van der Waals surface area contributed by atoms with Gasteiger partial charge in [0, 0.05) is 46.4 Å². The average Bonchev–Trinajstić information content (AvgIpc) is 2.65. The zero-order valence-electron chi connectivity index (χ0n) is 17.6. The van der Waals surface area contributed by atoms with Crippen LogP contribution in [0.4, 0.5) is 13.2 Å². The summed E-state index contributed by atoms with van der Waals surface area (Å²) in [5.74, 6) is 0.662. The molecule has 0 aromatic heterocycles. The van der Waals surface area contributed by atoms with Crippen LogP contribution in [0.25, 0.3) is 0 Å². The number of alkyl halides is 3. The maximum atomic E-state index is 12.6. The van der Waals surface area contributed by atoms with E-state index in [0.29, 0.717) is 42.8 Å². The lowest BCUT2D eigenvalue weighted by molar-refractivity contribution is -0.0496. The van der Waals surface area contributed by atoms with Crippen LogP contribution in [0, 0.1) is 5.92 Å². The summed E-state index contributed by atoms with van der Waals surface area (Å²) >= 11 is 0. The first-order valence-electron chi connectivity index (χ1n) is 9.78. The fourth-order valence-corrected chi connectivity index (χ4v) is 4.04. The molecule has 1 aliphatic heterocycles. The van der Waals surface area contributed by atoms with Gasteiger partial charge >= 0.3 is 15.5 Å². The molecular formula is C17H34F3N5O3S.